The number of nitrogens with one attached hydrogen (secondary N) is 1. The molecule has 32 heavy (non-hydrogen) atoms. The van der Waals surface area contributed by atoms with Crippen LogP contribution in [0.25, 0.3) is 22.2 Å². The van der Waals surface area contributed by atoms with E-state index in [0.29, 0.717) is 18.7 Å². The first kappa shape index (κ1) is 21.7. The van der Waals surface area contributed by atoms with Crippen LogP contribution in [-0.4, -0.2) is 47.5 Å². The van der Waals surface area contributed by atoms with Gasteiger partial charge in [0.05, 0.1) is 17.4 Å². The van der Waals surface area contributed by atoms with E-state index >= 15 is 0 Å². The fourth-order valence-corrected chi connectivity index (χ4v) is 3.77. The summed E-state index contributed by atoms with van der Waals surface area (Å²) < 4.78 is 2.13. The van der Waals surface area contributed by atoms with Gasteiger partial charge in [0.1, 0.15) is 0 Å². The molecule has 1 amide bonds. The van der Waals surface area contributed by atoms with Crippen LogP contribution in [0, 0.1) is 0 Å². The van der Waals surface area contributed by atoms with Crippen molar-refractivity contribution in [3.05, 3.63) is 89.7 Å². The van der Waals surface area contributed by atoms with Gasteiger partial charge in [-0.15, -0.1) is 0 Å². The maximum atomic E-state index is 12.3. The van der Waals surface area contributed by atoms with Crippen LogP contribution in [0.3, 0.4) is 0 Å². The molecule has 164 valence electrons. The Morgan fingerprint density at radius 1 is 1.00 bits per heavy atom. The lowest BCUT2D eigenvalue weighted by atomic mass is 10.0. The molecule has 0 spiro atoms. The SMILES string of the molecule is CN(C)C(=O)c1cccc(Cn2cnc3ccc(-c4ccc(CNCCN)cc4)cc32)c1. The summed E-state index contributed by atoms with van der Waals surface area (Å²) in [6.45, 7) is 2.93. The molecule has 0 radical (unpaired) electrons. The summed E-state index contributed by atoms with van der Waals surface area (Å²) in [6, 6.07) is 22.7. The molecule has 6 heteroatoms. The van der Waals surface area contributed by atoms with Gasteiger partial charge in [-0.2, -0.15) is 0 Å². The van der Waals surface area contributed by atoms with Gasteiger partial charge in [0, 0.05) is 45.8 Å². The molecule has 0 aliphatic rings. The van der Waals surface area contributed by atoms with E-state index in [1.807, 2.05) is 30.6 Å². The first-order chi connectivity index (χ1) is 15.5. The Morgan fingerprint density at radius 3 is 2.53 bits per heavy atom. The number of hydrogen-bond acceptors (Lipinski definition) is 4. The first-order valence-electron chi connectivity index (χ1n) is 10.8. The fraction of sp³-hybridized carbons (Fsp3) is 0.231. The highest BCUT2D eigenvalue weighted by atomic mass is 16.2. The molecule has 0 unspecified atom stereocenters. The normalized spacial score (nSPS) is 11.1. The van der Waals surface area contributed by atoms with Crippen molar-refractivity contribution in [1.82, 2.24) is 19.8 Å². The van der Waals surface area contributed by atoms with Crippen LogP contribution in [0.5, 0.6) is 0 Å². The van der Waals surface area contributed by atoms with Crippen LogP contribution in [0.4, 0.5) is 0 Å². The molecule has 0 saturated carbocycles. The van der Waals surface area contributed by atoms with Crippen molar-refractivity contribution in [2.75, 3.05) is 27.2 Å². The summed E-state index contributed by atoms with van der Waals surface area (Å²) in [7, 11) is 3.53. The van der Waals surface area contributed by atoms with Crippen molar-refractivity contribution in [2.24, 2.45) is 5.73 Å². The van der Waals surface area contributed by atoms with E-state index in [1.165, 1.54) is 11.1 Å². The number of benzene rings is 3. The van der Waals surface area contributed by atoms with E-state index < -0.39 is 0 Å². The average molecular weight is 428 g/mol. The lowest BCUT2D eigenvalue weighted by Crippen LogP contribution is -2.21. The van der Waals surface area contributed by atoms with E-state index in [2.05, 4.69) is 57.3 Å². The van der Waals surface area contributed by atoms with Crippen molar-refractivity contribution < 1.29 is 4.79 Å². The van der Waals surface area contributed by atoms with Crippen LogP contribution >= 0.6 is 0 Å². The lowest BCUT2D eigenvalue weighted by Gasteiger charge is -2.12. The molecule has 4 aromatic rings. The number of rotatable bonds is 8. The zero-order valence-corrected chi connectivity index (χ0v) is 18.6. The molecule has 1 aromatic heterocycles. The van der Waals surface area contributed by atoms with Crippen molar-refractivity contribution in [3.8, 4) is 11.1 Å². The van der Waals surface area contributed by atoms with E-state index in [0.717, 1.165) is 35.2 Å². The van der Waals surface area contributed by atoms with Gasteiger partial charge < -0.3 is 20.5 Å². The molecule has 0 fully saturated rings. The van der Waals surface area contributed by atoms with Crippen LogP contribution in [-0.2, 0) is 13.1 Å². The van der Waals surface area contributed by atoms with Gasteiger partial charge in [-0.1, -0.05) is 42.5 Å². The molecule has 4 rings (SSSR count). The van der Waals surface area contributed by atoms with Crippen LogP contribution in [0.1, 0.15) is 21.5 Å². The molecule has 1 heterocycles. The Hall–Kier alpha value is -3.48. The van der Waals surface area contributed by atoms with E-state index in [9.17, 15) is 4.79 Å². The standard InChI is InChI=1S/C26H29N5O/c1-30(2)26(32)23-5-3-4-20(14-23)17-31-18-29-24-11-10-22(15-25(24)31)21-8-6-19(7-9-21)16-28-13-12-27/h3-11,14-15,18,28H,12-13,16-17,27H2,1-2H3. The summed E-state index contributed by atoms with van der Waals surface area (Å²) in [5.41, 5.74) is 12.9. The second-order valence-corrected chi connectivity index (χ2v) is 8.14. The Kier molecular flexibility index (Phi) is 6.63. The third kappa shape index (κ3) is 4.88. The molecular weight excluding hydrogens is 398 g/mol. The minimum atomic E-state index is 0.00583. The van der Waals surface area contributed by atoms with Gasteiger partial charge in [0.2, 0.25) is 0 Å². The van der Waals surface area contributed by atoms with E-state index in [4.69, 9.17) is 5.73 Å². The second-order valence-electron chi connectivity index (χ2n) is 8.14. The first-order valence-corrected chi connectivity index (χ1v) is 10.8. The molecule has 0 aliphatic heterocycles. The summed E-state index contributed by atoms with van der Waals surface area (Å²) in [5.74, 6) is 0.00583. The van der Waals surface area contributed by atoms with Crippen LogP contribution in [0.2, 0.25) is 0 Å². The zero-order valence-electron chi connectivity index (χ0n) is 18.6. The lowest BCUT2D eigenvalue weighted by molar-refractivity contribution is 0.0827. The van der Waals surface area contributed by atoms with Gasteiger partial charge in [0.25, 0.3) is 5.91 Å². The minimum Gasteiger partial charge on any atom is -0.345 e. The quantitative estimate of drug-likeness (QED) is 0.422. The Labute approximate surface area is 188 Å². The van der Waals surface area contributed by atoms with Crippen LogP contribution < -0.4 is 11.1 Å². The number of imidazole rings is 1. The van der Waals surface area contributed by atoms with Crippen molar-refractivity contribution >= 4 is 16.9 Å². The second kappa shape index (κ2) is 9.77. The van der Waals surface area contributed by atoms with E-state index in [-0.39, 0.29) is 5.91 Å². The highest BCUT2D eigenvalue weighted by Crippen LogP contribution is 2.25. The van der Waals surface area contributed by atoms with Crippen molar-refractivity contribution in [1.29, 1.82) is 0 Å². The van der Waals surface area contributed by atoms with Crippen molar-refractivity contribution in [3.63, 3.8) is 0 Å². The Morgan fingerprint density at radius 2 is 1.78 bits per heavy atom. The zero-order chi connectivity index (χ0) is 22.5. The number of hydrogen-bond donors (Lipinski definition) is 2. The number of aromatic nitrogens is 2. The molecular formula is C26H29N5O. The largest absolute Gasteiger partial charge is 0.345 e. The molecule has 0 atom stereocenters. The maximum Gasteiger partial charge on any atom is 0.253 e. The maximum absolute atomic E-state index is 12.3. The van der Waals surface area contributed by atoms with Gasteiger partial charge in [0.15, 0.2) is 0 Å². The summed E-state index contributed by atoms with van der Waals surface area (Å²) >= 11 is 0. The van der Waals surface area contributed by atoms with Gasteiger partial charge in [-0.05, 0) is 46.5 Å². The smallest absolute Gasteiger partial charge is 0.253 e. The number of amides is 1. The van der Waals surface area contributed by atoms with Crippen molar-refractivity contribution in [2.45, 2.75) is 13.1 Å². The van der Waals surface area contributed by atoms with Crippen LogP contribution in [0.15, 0.2) is 73.1 Å². The number of carbonyl (C=O) groups excluding carboxylic acids is 1. The molecule has 3 aromatic carbocycles. The molecule has 6 nitrogen and oxygen atoms in total. The number of carbonyl (C=O) groups is 1. The third-order valence-electron chi connectivity index (χ3n) is 5.49. The monoisotopic (exact) mass is 427 g/mol. The van der Waals surface area contributed by atoms with Gasteiger partial charge in [-0.25, -0.2) is 4.98 Å². The third-order valence-corrected chi connectivity index (χ3v) is 5.49. The predicted octanol–water partition coefficient (Wildman–Crippen LogP) is 3.50. The molecule has 0 bridgehead atoms. The number of nitrogens with zero attached hydrogens (tertiary/aromatic N) is 3. The fourth-order valence-electron chi connectivity index (χ4n) is 3.77. The molecule has 0 aliphatic carbocycles. The molecule has 0 saturated heterocycles. The summed E-state index contributed by atoms with van der Waals surface area (Å²) in [4.78, 5) is 18.5. The predicted molar refractivity (Wildman–Crippen MR) is 129 cm³/mol. The van der Waals surface area contributed by atoms with Gasteiger partial charge in [-0.3, -0.25) is 4.79 Å². The molecule has 3 N–H and O–H groups in total. The number of fused-ring (bicyclic) bond motifs is 1. The topological polar surface area (TPSA) is 76.2 Å². The Balaban J connectivity index is 1.57. The summed E-state index contributed by atoms with van der Waals surface area (Å²) in [5, 5.41) is 3.32. The Bertz CT molecular complexity index is 1210. The summed E-state index contributed by atoms with van der Waals surface area (Å²) in [6.07, 6.45) is 1.86. The highest BCUT2D eigenvalue weighted by Gasteiger charge is 2.10. The number of nitrogens with two attached hydrogens (primary N) is 1. The average Bonchev–Trinajstić information content (AvgIpc) is 3.21. The highest BCUT2D eigenvalue weighted by molar-refractivity contribution is 5.94. The minimum absolute atomic E-state index is 0.00583. The van der Waals surface area contributed by atoms with Gasteiger partial charge >= 0.3 is 0 Å². The van der Waals surface area contributed by atoms with E-state index in [1.54, 1.807) is 19.0 Å².